The molecule has 1 N–H and O–H groups in total. The number of urea groups is 1. The Morgan fingerprint density at radius 3 is 2.66 bits per heavy atom. The molecule has 2 aromatic carbocycles. The van der Waals surface area contributed by atoms with Gasteiger partial charge in [-0.2, -0.15) is 4.98 Å². The molecule has 150 valence electrons. The first kappa shape index (κ1) is 19.5. The zero-order valence-corrected chi connectivity index (χ0v) is 17.2. The second-order valence-corrected chi connectivity index (χ2v) is 7.85. The number of halogens is 1. The molecule has 1 aliphatic heterocycles. The van der Waals surface area contributed by atoms with Gasteiger partial charge in [-0.25, -0.2) is 4.79 Å². The van der Waals surface area contributed by atoms with Crippen LogP contribution in [0.1, 0.15) is 35.8 Å². The Hall–Kier alpha value is -2.86. The molecule has 0 bridgehead atoms. The van der Waals surface area contributed by atoms with E-state index in [1.54, 1.807) is 6.07 Å². The molecule has 0 aliphatic carbocycles. The Morgan fingerprint density at radius 1 is 1.17 bits per heavy atom. The standard InChI is InChI=1S/C22H23ClN4O2/c1-14-7-8-19(15(2)13-14)24-22(28)27-11-9-16(10-12-27)21-25-20(26-29-21)17-5-3-4-6-18(17)23/h3-8,13,16H,9-12H2,1-2H3,(H,24,28). The highest BCUT2D eigenvalue weighted by Crippen LogP contribution is 2.31. The number of hydrogen-bond acceptors (Lipinski definition) is 4. The number of amides is 2. The summed E-state index contributed by atoms with van der Waals surface area (Å²) in [5.41, 5.74) is 3.85. The highest BCUT2D eigenvalue weighted by atomic mass is 35.5. The fraction of sp³-hybridized carbons (Fsp3) is 0.318. The van der Waals surface area contributed by atoms with Crippen molar-refractivity contribution in [2.45, 2.75) is 32.6 Å². The molecule has 1 aliphatic rings. The molecule has 2 amide bonds. The molecule has 1 saturated heterocycles. The van der Waals surface area contributed by atoms with Gasteiger partial charge in [0.25, 0.3) is 0 Å². The number of hydrogen-bond donors (Lipinski definition) is 1. The lowest BCUT2D eigenvalue weighted by Crippen LogP contribution is -2.40. The number of benzene rings is 2. The molecular formula is C22H23ClN4O2. The van der Waals surface area contributed by atoms with Crippen molar-refractivity contribution in [2.24, 2.45) is 0 Å². The molecule has 4 rings (SSSR count). The van der Waals surface area contributed by atoms with Crippen molar-refractivity contribution in [2.75, 3.05) is 18.4 Å². The van der Waals surface area contributed by atoms with Gasteiger partial charge in [-0.15, -0.1) is 0 Å². The minimum Gasteiger partial charge on any atom is -0.339 e. The van der Waals surface area contributed by atoms with Crippen LogP contribution in [0.2, 0.25) is 5.02 Å². The summed E-state index contributed by atoms with van der Waals surface area (Å²) in [5, 5.41) is 7.70. The molecule has 0 spiro atoms. The number of piperidine rings is 1. The average Bonchev–Trinajstić information content (AvgIpc) is 3.20. The SMILES string of the molecule is Cc1ccc(NC(=O)N2CCC(c3nc(-c4ccccc4Cl)no3)CC2)c(C)c1. The largest absolute Gasteiger partial charge is 0.339 e. The van der Waals surface area contributed by atoms with Crippen molar-refractivity contribution in [3.8, 4) is 11.4 Å². The summed E-state index contributed by atoms with van der Waals surface area (Å²) in [7, 11) is 0. The number of rotatable bonds is 3. The van der Waals surface area contributed by atoms with Crippen molar-refractivity contribution >= 4 is 23.3 Å². The maximum atomic E-state index is 12.6. The molecule has 3 aromatic rings. The average molecular weight is 411 g/mol. The van der Waals surface area contributed by atoms with Crippen molar-refractivity contribution in [3.05, 3.63) is 64.5 Å². The minimum atomic E-state index is -0.0716. The van der Waals surface area contributed by atoms with E-state index in [2.05, 4.69) is 21.5 Å². The van der Waals surface area contributed by atoms with Gasteiger partial charge in [-0.05, 0) is 50.5 Å². The van der Waals surface area contributed by atoms with Crippen molar-refractivity contribution in [1.29, 1.82) is 0 Å². The number of aryl methyl sites for hydroxylation is 2. The molecule has 0 radical (unpaired) electrons. The van der Waals surface area contributed by atoms with Gasteiger partial charge in [-0.1, -0.05) is 46.6 Å². The van der Waals surface area contributed by atoms with Gasteiger partial charge in [0.15, 0.2) is 0 Å². The Kier molecular flexibility index (Phi) is 5.53. The second-order valence-electron chi connectivity index (χ2n) is 7.45. The van der Waals surface area contributed by atoms with Crippen LogP contribution in [0.3, 0.4) is 0 Å². The number of nitrogens with one attached hydrogen (secondary N) is 1. The summed E-state index contributed by atoms with van der Waals surface area (Å²) in [6, 6.07) is 13.4. The van der Waals surface area contributed by atoms with Crippen LogP contribution in [0.25, 0.3) is 11.4 Å². The summed E-state index contributed by atoms with van der Waals surface area (Å²) < 4.78 is 5.49. The molecule has 1 aromatic heterocycles. The van der Waals surface area contributed by atoms with Crippen molar-refractivity contribution in [3.63, 3.8) is 0 Å². The zero-order chi connectivity index (χ0) is 20.4. The minimum absolute atomic E-state index is 0.0716. The first-order chi connectivity index (χ1) is 14.0. The van der Waals surface area contributed by atoms with Gasteiger partial charge < -0.3 is 14.7 Å². The van der Waals surface area contributed by atoms with Crippen LogP contribution in [-0.4, -0.2) is 34.2 Å². The van der Waals surface area contributed by atoms with Crippen LogP contribution in [-0.2, 0) is 0 Å². The summed E-state index contributed by atoms with van der Waals surface area (Å²) in [6.45, 7) is 5.33. The van der Waals surface area contributed by atoms with Crippen molar-refractivity contribution < 1.29 is 9.32 Å². The lowest BCUT2D eigenvalue weighted by atomic mass is 9.97. The number of carbonyl (C=O) groups is 1. The first-order valence-electron chi connectivity index (χ1n) is 9.73. The summed E-state index contributed by atoms with van der Waals surface area (Å²) in [5.74, 6) is 1.25. The molecule has 0 unspecified atom stereocenters. The number of carbonyl (C=O) groups excluding carboxylic acids is 1. The molecule has 2 heterocycles. The van der Waals surface area contributed by atoms with Gasteiger partial charge in [0, 0.05) is 30.3 Å². The first-order valence-corrected chi connectivity index (χ1v) is 10.1. The van der Waals surface area contributed by atoms with Crippen LogP contribution in [0.15, 0.2) is 47.0 Å². The van der Waals surface area contributed by atoms with Gasteiger partial charge in [0.05, 0.1) is 5.02 Å². The number of aromatic nitrogens is 2. The second kappa shape index (κ2) is 8.25. The maximum Gasteiger partial charge on any atom is 0.321 e. The van der Waals surface area contributed by atoms with Crippen LogP contribution < -0.4 is 5.32 Å². The number of anilines is 1. The van der Waals surface area contributed by atoms with E-state index in [1.165, 1.54) is 5.56 Å². The maximum absolute atomic E-state index is 12.6. The Bertz CT molecular complexity index is 1030. The highest BCUT2D eigenvalue weighted by molar-refractivity contribution is 6.33. The third kappa shape index (κ3) is 4.27. The lowest BCUT2D eigenvalue weighted by Gasteiger charge is -2.30. The van der Waals surface area contributed by atoms with E-state index < -0.39 is 0 Å². The van der Waals surface area contributed by atoms with Crippen LogP contribution >= 0.6 is 11.6 Å². The quantitative estimate of drug-likeness (QED) is 0.625. The predicted molar refractivity (Wildman–Crippen MR) is 113 cm³/mol. The van der Waals surface area contributed by atoms with E-state index in [4.69, 9.17) is 16.1 Å². The van der Waals surface area contributed by atoms with E-state index in [0.717, 1.165) is 29.7 Å². The fourth-order valence-corrected chi connectivity index (χ4v) is 3.85. The Labute approximate surface area is 174 Å². The monoisotopic (exact) mass is 410 g/mol. The van der Waals surface area contributed by atoms with Gasteiger partial charge in [0.1, 0.15) is 0 Å². The molecule has 0 atom stereocenters. The summed E-state index contributed by atoms with van der Waals surface area (Å²) >= 11 is 6.22. The van der Waals surface area contributed by atoms with Crippen LogP contribution in [0.4, 0.5) is 10.5 Å². The molecule has 6 nitrogen and oxygen atoms in total. The summed E-state index contributed by atoms with van der Waals surface area (Å²) in [6.07, 6.45) is 1.56. The number of likely N-dealkylation sites (tertiary alicyclic amines) is 1. The number of nitrogens with zero attached hydrogens (tertiary/aromatic N) is 3. The van der Waals surface area contributed by atoms with Gasteiger partial charge in [0.2, 0.25) is 11.7 Å². The van der Waals surface area contributed by atoms with E-state index in [-0.39, 0.29) is 11.9 Å². The molecule has 0 saturated carbocycles. The Morgan fingerprint density at radius 2 is 1.93 bits per heavy atom. The smallest absolute Gasteiger partial charge is 0.321 e. The topological polar surface area (TPSA) is 71.3 Å². The van der Waals surface area contributed by atoms with Gasteiger partial charge in [-0.3, -0.25) is 0 Å². The normalized spacial score (nSPS) is 14.8. The molecule has 29 heavy (non-hydrogen) atoms. The molecule has 7 heteroatoms. The fourth-order valence-electron chi connectivity index (χ4n) is 3.63. The van der Waals surface area contributed by atoms with E-state index in [9.17, 15) is 4.79 Å². The third-order valence-corrected chi connectivity index (χ3v) is 5.64. The highest BCUT2D eigenvalue weighted by Gasteiger charge is 2.28. The van der Waals surface area contributed by atoms with Crippen LogP contribution in [0.5, 0.6) is 0 Å². The third-order valence-electron chi connectivity index (χ3n) is 5.31. The Balaban J connectivity index is 1.37. The molecule has 1 fully saturated rings. The van der Waals surface area contributed by atoms with E-state index in [1.807, 2.05) is 49.1 Å². The van der Waals surface area contributed by atoms with Gasteiger partial charge >= 0.3 is 6.03 Å². The van der Waals surface area contributed by atoms with E-state index >= 15 is 0 Å². The predicted octanol–water partition coefficient (Wildman–Crippen LogP) is 5.42. The van der Waals surface area contributed by atoms with Crippen molar-refractivity contribution in [1.82, 2.24) is 15.0 Å². The summed E-state index contributed by atoms with van der Waals surface area (Å²) in [4.78, 5) is 19.0. The molecular weight excluding hydrogens is 388 g/mol. The van der Waals surface area contributed by atoms with Crippen LogP contribution in [0, 0.1) is 13.8 Å². The lowest BCUT2D eigenvalue weighted by molar-refractivity contribution is 0.187. The van der Waals surface area contributed by atoms with E-state index in [0.29, 0.717) is 29.8 Å². The zero-order valence-electron chi connectivity index (χ0n) is 16.5.